The van der Waals surface area contributed by atoms with Crippen molar-refractivity contribution in [1.29, 1.82) is 0 Å². The highest BCUT2D eigenvalue weighted by Gasteiger charge is 2.13. The molecule has 1 aromatic carbocycles. The first-order valence-corrected chi connectivity index (χ1v) is 10.0. The smallest absolute Gasteiger partial charge is 0.320 e. The van der Waals surface area contributed by atoms with Crippen LogP contribution in [0.1, 0.15) is 58.1 Å². The minimum Gasteiger partial charge on any atom is -0.463 e. The molecule has 0 aliphatic rings. The van der Waals surface area contributed by atoms with E-state index in [0.29, 0.717) is 41.6 Å². The molecule has 0 unspecified atom stereocenters. The highest BCUT2D eigenvalue weighted by molar-refractivity contribution is 5.81. The van der Waals surface area contributed by atoms with Crippen LogP contribution in [0.2, 0.25) is 0 Å². The predicted molar refractivity (Wildman–Crippen MR) is 113 cm³/mol. The van der Waals surface area contributed by atoms with Crippen LogP contribution in [0.5, 0.6) is 6.01 Å². The number of nitrogens with two attached hydrogens (primary N) is 1. The lowest BCUT2D eigenvalue weighted by Crippen LogP contribution is -2.07. The van der Waals surface area contributed by atoms with Crippen LogP contribution in [0.3, 0.4) is 0 Å². The van der Waals surface area contributed by atoms with Crippen LogP contribution in [0, 0.1) is 5.41 Å². The largest absolute Gasteiger partial charge is 0.463 e. The van der Waals surface area contributed by atoms with E-state index < -0.39 is 0 Å². The van der Waals surface area contributed by atoms with Crippen molar-refractivity contribution in [3.8, 4) is 6.01 Å². The molecule has 0 radical (unpaired) electrons. The second-order valence-electron chi connectivity index (χ2n) is 8.52. The molecule has 0 fully saturated rings. The molecule has 3 rings (SSSR count). The Morgan fingerprint density at radius 2 is 1.79 bits per heavy atom. The molecule has 0 spiro atoms. The van der Waals surface area contributed by atoms with Crippen molar-refractivity contribution in [3.05, 3.63) is 41.7 Å². The van der Waals surface area contributed by atoms with Gasteiger partial charge in [0.25, 0.3) is 0 Å². The fourth-order valence-corrected chi connectivity index (χ4v) is 2.96. The van der Waals surface area contributed by atoms with E-state index >= 15 is 0 Å². The van der Waals surface area contributed by atoms with E-state index in [-0.39, 0.29) is 0 Å². The second-order valence-corrected chi connectivity index (χ2v) is 8.52. The number of nitrogens with zero attached hydrogens (tertiary/aromatic N) is 4. The van der Waals surface area contributed by atoms with Gasteiger partial charge >= 0.3 is 6.01 Å². The lowest BCUT2D eigenvalue weighted by molar-refractivity contribution is 0.286. The van der Waals surface area contributed by atoms with Crippen LogP contribution in [0.25, 0.3) is 11.2 Å². The predicted octanol–water partition coefficient (Wildman–Crippen LogP) is 4.61. The standard InChI is InChI=1S/C22H31N5O/c1-5-6-13-28-21-25-19(23)18-20(26-21)27(15-24-18)14-17-9-7-16(8-10-17)11-12-22(2,3)4/h7-10,15H,5-6,11-14H2,1-4H3,(H2,23,25,26). The number of aromatic nitrogens is 4. The Hall–Kier alpha value is -2.63. The van der Waals surface area contributed by atoms with Crippen LogP contribution in [0.15, 0.2) is 30.6 Å². The topological polar surface area (TPSA) is 78.9 Å². The molecule has 0 aliphatic carbocycles. The number of imidazole rings is 1. The summed E-state index contributed by atoms with van der Waals surface area (Å²) in [5, 5.41) is 0. The third-order valence-corrected chi connectivity index (χ3v) is 4.74. The molecular weight excluding hydrogens is 350 g/mol. The van der Waals surface area contributed by atoms with Crippen LogP contribution >= 0.6 is 0 Å². The summed E-state index contributed by atoms with van der Waals surface area (Å²) >= 11 is 0. The van der Waals surface area contributed by atoms with Crippen molar-refractivity contribution in [2.45, 2.75) is 59.9 Å². The van der Waals surface area contributed by atoms with Crippen molar-refractivity contribution in [2.75, 3.05) is 12.3 Å². The molecule has 2 aromatic heterocycles. The maximum atomic E-state index is 6.05. The SMILES string of the molecule is CCCCOc1nc(N)c2ncn(Cc3ccc(CCC(C)(C)C)cc3)c2n1. The summed E-state index contributed by atoms with van der Waals surface area (Å²) in [5.74, 6) is 0.354. The Morgan fingerprint density at radius 3 is 2.46 bits per heavy atom. The van der Waals surface area contributed by atoms with E-state index in [2.05, 4.69) is 66.9 Å². The molecular formula is C22H31N5O. The lowest BCUT2D eigenvalue weighted by atomic mass is 9.88. The summed E-state index contributed by atoms with van der Waals surface area (Å²) < 4.78 is 7.63. The zero-order valence-corrected chi connectivity index (χ0v) is 17.4. The van der Waals surface area contributed by atoms with Gasteiger partial charge in [0.2, 0.25) is 0 Å². The number of hydrogen-bond donors (Lipinski definition) is 1. The summed E-state index contributed by atoms with van der Waals surface area (Å²) in [6.07, 6.45) is 6.05. The van der Waals surface area contributed by atoms with Gasteiger partial charge in [0.15, 0.2) is 17.0 Å². The molecule has 150 valence electrons. The molecule has 2 N–H and O–H groups in total. The lowest BCUT2D eigenvalue weighted by Gasteiger charge is -2.17. The van der Waals surface area contributed by atoms with Crippen molar-refractivity contribution >= 4 is 17.0 Å². The fourth-order valence-electron chi connectivity index (χ4n) is 2.96. The molecule has 0 atom stereocenters. The Bertz CT molecular complexity index is 909. The van der Waals surface area contributed by atoms with E-state index in [1.54, 1.807) is 6.33 Å². The molecule has 3 aromatic rings. The summed E-state index contributed by atoms with van der Waals surface area (Å²) in [6.45, 7) is 10.2. The molecule has 0 amide bonds. The molecule has 28 heavy (non-hydrogen) atoms. The zero-order chi connectivity index (χ0) is 20.1. The molecule has 2 heterocycles. The van der Waals surface area contributed by atoms with Crippen LogP contribution in [-0.2, 0) is 13.0 Å². The monoisotopic (exact) mass is 381 g/mol. The van der Waals surface area contributed by atoms with Gasteiger partial charge in [0, 0.05) is 0 Å². The number of benzene rings is 1. The van der Waals surface area contributed by atoms with E-state index in [0.717, 1.165) is 19.3 Å². The number of rotatable bonds is 8. The van der Waals surface area contributed by atoms with E-state index in [9.17, 15) is 0 Å². The third kappa shape index (κ3) is 5.21. The maximum Gasteiger partial charge on any atom is 0.320 e. The number of nitrogen functional groups attached to an aromatic ring is 1. The van der Waals surface area contributed by atoms with Gasteiger partial charge in [-0.15, -0.1) is 0 Å². The maximum absolute atomic E-state index is 6.05. The zero-order valence-electron chi connectivity index (χ0n) is 17.4. The number of ether oxygens (including phenoxy) is 1. The quantitative estimate of drug-likeness (QED) is 0.576. The summed E-state index contributed by atoms with van der Waals surface area (Å²) in [6, 6.07) is 9.09. The normalized spacial score (nSPS) is 11.9. The number of anilines is 1. The second kappa shape index (κ2) is 8.59. The first kappa shape index (κ1) is 20.1. The minimum atomic E-state index is 0.317. The summed E-state index contributed by atoms with van der Waals surface area (Å²) in [7, 11) is 0. The number of unbranched alkanes of at least 4 members (excludes halogenated alkanes) is 1. The fraction of sp³-hybridized carbons (Fsp3) is 0.500. The van der Waals surface area contributed by atoms with Gasteiger partial charge in [-0.25, -0.2) is 4.98 Å². The Morgan fingerprint density at radius 1 is 1.07 bits per heavy atom. The van der Waals surface area contributed by atoms with Crippen LogP contribution in [0.4, 0.5) is 5.82 Å². The van der Waals surface area contributed by atoms with Gasteiger partial charge in [-0.2, -0.15) is 9.97 Å². The number of aryl methyl sites for hydroxylation is 1. The minimum absolute atomic E-state index is 0.317. The summed E-state index contributed by atoms with van der Waals surface area (Å²) in [4.78, 5) is 13.1. The average molecular weight is 382 g/mol. The first-order chi connectivity index (χ1) is 13.4. The van der Waals surface area contributed by atoms with Gasteiger partial charge in [0.1, 0.15) is 0 Å². The van der Waals surface area contributed by atoms with Gasteiger partial charge in [-0.1, -0.05) is 58.4 Å². The molecule has 0 bridgehead atoms. The van der Waals surface area contributed by atoms with Crippen molar-refractivity contribution in [1.82, 2.24) is 19.5 Å². The molecule has 0 aliphatic heterocycles. The van der Waals surface area contributed by atoms with Crippen LogP contribution in [-0.4, -0.2) is 26.1 Å². The van der Waals surface area contributed by atoms with Gasteiger partial charge in [-0.3, -0.25) is 0 Å². The van der Waals surface area contributed by atoms with Crippen molar-refractivity contribution in [3.63, 3.8) is 0 Å². The van der Waals surface area contributed by atoms with Crippen molar-refractivity contribution in [2.24, 2.45) is 5.41 Å². The molecule has 6 heteroatoms. The van der Waals surface area contributed by atoms with Gasteiger partial charge in [0.05, 0.1) is 19.5 Å². The first-order valence-electron chi connectivity index (χ1n) is 10.0. The van der Waals surface area contributed by atoms with E-state index in [1.165, 1.54) is 17.5 Å². The van der Waals surface area contributed by atoms with Crippen molar-refractivity contribution < 1.29 is 4.74 Å². The Kier molecular flexibility index (Phi) is 6.17. The highest BCUT2D eigenvalue weighted by atomic mass is 16.5. The Labute approximate surface area is 167 Å². The van der Waals surface area contributed by atoms with Gasteiger partial charge < -0.3 is 15.0 Å². The molecule has 0 saturated carbocycles. The van der Waals surface area contributed by atoms with E-state index in [4.69, 9.17) is 10.5 Å². The average Bonchev–Trinajstić information content (AvgIpc) is 3.04. The summed E-state index contributed by atoms with van der Waals surface area (Å²) in [5.41, 5.74) is 10.3. The highest BCUT2D eigenvalue weighted by Crippen LogP contribution is 2.23. The molecule has 0 saturated heterocycles. The van der Waals surface area contributed by atoms with Crippen LogP contribution < -0.4 is 10.5 Å². The van der Waals surface area contributed by atoms with E-state index in [1.807, 2.05) is 4.57 Å². The number of fused-ring (bicyclic) bond motifs is 1. The molecule has 6 nitrogen and oxygen atoms in total. The van der Waals surface area contributed by atoms with Gasteiger partial charge in [-0.05, 0) is 35.8 Å². The third-order valence-electron chi connectivity index (χ3n) is 4.74. The Balaban J connectivity index is 1.74. The number of hydrogen-bond acceptors (Lipinski definition) is 5.